The summed E-state index contributed by atoms with van der Waals surface area (Å²) in [5, 5.41) is 19.6. The molecule has 1 aromatic carbocycles. The molecule has 0 unspecified atom stereocenters. The zero-order chi connectivity index (χ0) is 12.1. The van der Waals surface area contributed by atoms with Crippen molar-refractivity contribution < 1.29 is 14.8 Å². The van der Waals surface area contributed by atoms with E-state index in [0.717, 1.165) is 0 Å². The average Bonchev–Trinajstić information content (AvgIpc) is 2.25. The highest BCUT2D eigenvalue weighted by Crippen LogP contribution is 2.24. The van der Waals surface area contributed by atoms with Crippen molar-refractivity contribution >= 4 is 5.69 Å². The third kappa shape index (κ3) is 3.20. The number of ether oxygens (including phenoxy) is 1. The van der Waals surface area contributed by atoms with Crippen molar-refractivity contribution in [1.29, 1.82) is 0 Å². The van der Waals surface area contributed by atoms with Crippen molar-refractivity contribution in [3.8, 4) is 5.75 Å². The van der Waals surface area contributed by atoms with E-state index in [1.165, 1.54) is 18.2 Å². The highest BCUT2D eigenvalue weighted by atomic mass is 16.6. The number of hydrogen-bond acceptors (Lipinski definition) is 4. The molecule has 0 saturated heterocycles. The monoisotopic (exact) mass is 225 g/mol. The first-order valence-corrected chi connectivity index (χ1v) is 5.05. The van der Waals surface area contributed by atoms with E-state index in [2.05, 4.69) is 0 Å². The molecule has 0 amide bonds. The van der Waals surface area contributed by atoms with Crippen LogP contribution in [0.2, 0.25) is 0 Å². The SMILES string of the molecule is CC(C)COc1ccc([N+](=O)[O-])cc1CO. The van der Waals surface area contributed by atoms with Gasteiger partial charge in [0.25, 0.3) is 5.69 Å². The van der Waals surface area contributed by atoms with Gasteiger partial charge in [-0.1, -0.05) is 13.8 Å². The summed E-state index contributed by atoms with van der Waals surface area (Å²) in [6.45, 7) is 4.26. The quantitative estimate of drug-likeness (QED) is 0.615. The van der Waals surface area contributed by atoms with Gasteiger partial charge in [-0.05, 0) is 12.0 Å². The van der Waals surface area contributed by atoms with E-state index in [1.807, 2.05) is 13.8 Å². The number of benzene rings is 1. The van der Waals surface area contributed by atoms with E-state index >= 15 is 0 Å². The van der Waals surface area contributed by atoms with Gasteiger partial charge in [-0.2, -0.15) is 0 Å². The van der Waals surface area contributed by atoms with Crippen LogP contribution in [-0.4, -0.2) is 16.6 Å². The van der Waals surface area contributed by atoms with Crippen molar-refractivity contribution in [3.63, 3.8) is 0 Å². The summed E-state index contributed by atoms with van der Waals surface area (Å²) in [6, 6.07) is 4.22. The first-order valence-electron chi connectivity index (χ1n) is 5.05. The highest BCUT2D eigenvalue weighted by Gasteiger charge is 2.11. The van der Waals surface area contributed by atoms with E-state index in [9.17, 15) is 10.1 Å². The van der Waals surface area contributed by atoms with Crippen molar-refractivity contribution in [3.05, 3.63) is 33.9 Å². The Morgan fingerprint density at radius 3 is 2.69 bits per heavy atom. The summed E-state index contributed by atoms with van der Waals surface area (Å²) < 4.78 is 5.44. The lowest BCUT2D eigenvalue weighted by molar-refractivity contribution is -0.385. The third-order valence-electron chi connectivity index (χ3n) is 2.00. The van der Waals surface area contributed by atoms with Crippen LogP contribution in [-0.2, 0) is 6.61 Å². The van der Waals surface area contributed by atoms with E-state index in [4.69, 9.17) is 9.84 Å². The maximum Gasteiger partial charge on any atom is 0.270 e. The van der Waals surface area contributed by atoms with Crippen LogP contribution < -0.4 is 4.74 Å². The Morgan fingerprint density at radius 1 is 1.50 bits per heavy atom. The average molecular weight is 225 g/mol. The summed E-state index contributed by atoms with van der Waals surface area (Å²) in [4.78, 5) is 10.0. The van der Waals surface area contributed by atoms with Crippen molar-refractivity contribution in [2.75, 3.05) is 6.61 Å². The molecule has 0 aliphatic rings. The molecule has 0 aliphatic heterocycles. The standard InChI is InChI=1S/C11H15NO4/c1-8(2)7-16-11-4-3-10(12(14)15)5-9(11)6-13/h3-5,8,13H,6-7H2,1-2H3. The van der Waals surface area contributed by atoms with Gasteiger partial charge in [0, 0.05) is 17.7 Å². The predicted molar refractivity (Wildman–Crippen MR) is 59.4 cm³/mol. The molecule has 0 aromatic heterocycles. The summed E-state index contributed by atoms with van der Waals surface area (Å²) >= 11 is 0. The minimum absolute atomic E-state index is 0.0408. The Hall–Kier alpha value is -1.62. The van der Waals surface area contributed by atoms with Gasteiger partial charge in [0.2, 0.25) is 0 Å². The molecule has 0 aliphatic carbocycles. The van der Waals surface area contributed by atoms with Crippen molar-refractivity contribution in [2.45, 2.75) is 20.5 Å². The fourth-order valence-electron chi connectivity index (χ4n) is 1.20. The normalized spacial score (nSPS) is 10.5. The number of nitro groups is 1. The van der Waals surface area contributed by atoms with Gasteiger partial charge in [0.15, 0.2) is 0 Å². The molecule has 0 fully saturated rings. The largest absolute Gasteiger partial charge is 0.493 e. The molecule has 1 rings (SSSR count). The van der Waals surface area contributed by atoms with Gasteiger partial charge in [0.1, 0.15) is 5.75 Å². The van der Waals surface area contributed by atoms with Crippen LogP contribution in [0.1, 0.15) is 19.4 Å². The molecular formula is C11H15NO4. The summed E-state index contributed by atoms with van der Waals surface area (Å²) in [5.74, 6) is 0.864. The Kier molecular flexibility index (Phi) is 4.25. The van der Waals surface area contributed by atoms with Crippen LogP contribution in [0.3, 0.4) is 0 Å². The van der Waals surface area contributed by atoms with Crippen LogP contribution in [0.4, 0.5) is 5.69 Å². The Labute approximate surface area is 93.8 Å². The minimum atomic E-state index is -0.495. The first kappa shape index (κ1) is 12.4. The maximum atomic E-state index is 10.5. The summed E-state index contributed by atoms with van der Waals surface area (Å²) in [6.07, 6.45) is 0. The Balaban J connectivity index is 2.89. The van der Waals surface area contributed by atoms with Gasteiger partial charge < -0.3 is 9.84 Å². The second-order valence-electron chi connectivity index (χ2n) is 3.91. The molecule has 1 aromatic rings. The lowest BCUT2D eigenvalue weighted by atomic mass is 10.2. The van der Waals surface area contributed by atoms with Gasteiger partial charge in [-0.15, -0.1) is 0 Å². The predicted octanol–water partition coefficient (Wildman–Crippen LogP) is 2.12. The van der Waals surface area contributed by atoms with E-state index in [-0.39, 0.29) is 12.3 Å². The number of nitro benzene ring substituents is 1. The van der Waals surface area contributed by atoms with Crippen molar-refractivity contribution in [1.82, 2.24) is 0 Å². The van der Waals surface area contributed by atoms with Crippen LogP contribution in [0, 0.1) is 16.0 Å². The third-order valence-corrected chi connectivity index (χ3v) is 2.00. The molecule has 0 spiro atoms. The Bertz CT molecular complexity index is 376. The smallest absolute Gasteiger partial charge is 0.270 e. The molecule has 1 N–H and O–H groups in total. The molecule has 5 heteroatoms. The highest BCUT2D eigenvalue weighted by molar-refractivity contribution is 5.43. The molecule has 0 saturated carbocycles. The number of aliphatic hydroxyl groups excluding tert-OH is 1. The molecule has 0 bridgehead atoms. The zero-order valence-corrected chi connectivity index (χ0v) is 9.34. The molecular weight excluding hydrogens is 210 g/mol. The maximum absolute atomic E-state index is 10.5. The second kappa shape index (κ2) is 5.46. The zero-order valence-electron chi connectivity index (χ0n) is 9.34. The van der Waals surface area contributed by atoms with Crippen LogP contribution in [0.15, 0.2) is 18.2 Å². The number of aliphatic hydroxyl groups is 1. The second-order valence-corrected chi connectivity index (χ2v) is 3.91. The molecule has 5 nitrogen and oxygen atoms in total. The number of non-ortho nitro benzene ring substituents is 1. The van der Waals surface area contributed by atoms with E-state index < -0.39 is 4.92 Å². The van der Waals surface area contributed by atoms with Gasteiger partial charge in [-0.25, -0.2) is 0 Å². The lowest BCUT2D eigenvalue weighted by Crippen LogP contribution is -2.06. The van der Waals surface area contributed by atoms with Crippen LogP contribution in [0.25, 0.3) is 0 Å². The topological polar surface area (TPSA) is 72.6 Å². The fraction of sp³-hybridized carbons (Fsp3) is 0.455. The molecule has 0 atom stereocenters. The number of rotatable bonds is 5. The number of hydrogen-bond donors (Lipinski definition) is 1. The van der Waals surface area contributed by atoms with Crippen molar-refractivity contribution in [2.24, 2.45) is 5.92 Å². The van der Waals surface area contributed by atoms with Gasteiger partial charge in [-0.3, -0.25) is 10.1 Å². The van der Waals surface area contributed by atoms with E-state index in [0.29, 0.717) is 23.8 Å². The van der Waals surface area contributed by atoms with Gasteiger partial charge in [0.05, 0.1) is 18.1 Å². The van der Waals surface area contributed by atoms with Gasteiger partial charge >= 0.3 is 0 Å². The van der Waals surface area contributed by atoms with Crippen LogP contribution >= 0.6 is 0 Å². The summed E-state index contributed by atoms with van der Waals surface area (Å²) in [5.41, 5.74) is 0.399. The Morgan fingerprint density at radius 2 is 2.19 bits per heavy atom. The molecule has 88 valence electrons. The number of nitrogens with zero attached hydrogens (tertiary/aromatic N) is 1. The molecule has 0 radical (unpaired) electrons. The first-order chi connectivity index (χ1) is 7.54. The van der Waals surface area contributed by atoms with E-state index in [1.54, 1.807) is 0 Å². The summed E-state index contributed by atoms with van der Waals surface area (Å²) in [7, 11) is 0. The fourth-order valence-corrected chi connectivity index (χ4v) is 1.20. The van der Waals surface area contributed by atoms with Crippen LogP contribution in [0.5, 0.6) is 5.75 Å². The molecule has 0 heterocycles. The minimum Gasteiger partial charge on any atom is -0.493 e. The lowest BCUT2D eigenvalue weighted by Gasteiger charge is -2.11. The molecule has 16 heavy (non-hydrogen) atoms.